The van der Waals surface area contributed by atoms with Gasteiger partial charge in [0, 0.05) is 33.7 Å². The Kier molecular flexibility index (Phi) is 8.19. The van der Waals surface area contributed by atoms with E-state index >= 15 is 0 Å². The molecule has 0 aromatic carbocycles. The number of aliphatic imine (C=N–C) groups is 1. The first-order chi connectivity index (χ1) is 12.5. The summed E-state index contributed by atoms with van der Waals surface area (Å²) in [5, 5.41) is 6.89. The number of nitrogens with one attached hydrogen (secondary N) is 2. The molecular formula is C20H39N5O. The molecule has 2 N–H and O–H groups in total. The van der Waals surface area contributed by atoms with Gasteiger partial charge in [0.15, 0.2) is 5.96 Å². The molecule has 0 spiro atoms. The number of hydrogen-bond acceptors (Lipinski definition) is 3. The van der Waals surface area contributed by atoms with Crippen LogP contribution in [0.3, 0.4) is 0 Å². The molecule has 1 atom stereocenters. The maximum absolute atomic E-state index is 12.7. The van der Waals surface area contributed by atoms with E-state index in [0.29, 0.717) is 12.5 Å². The van der Waals surface area contributed by atoms with Crippen molar-refractivity contribution in [2.45, 2.75) is 52.4 Å². The van der Waals surface area contributed by atoms with E-state index in [1.54, 1.807) is 4.90 Å². The van der Waals surface area contributed by atoms with Crippen LogP contribution in [-0.2, 0) is 4.79 Å². The maximum Gasteiger partial charge on any atom is 0.230 e. The highest BCUT2D eigenvalue weighted by Crippen LogP contribution is 2.39. The molecule has 2 rings (SSSR count). The van der Waals surface area contributed by atoms with Gasteiger partial charge in [0.1, 0.15) is 0 Å². The number of amides is 1. The number of hydrogen-bond donors (Lipinski definition) is 2. The molecule has 26 heavy (non-hydrogen) atoms. The van der Waals surface area contributed by atoms with E-state index in [0.717, 1.165) is 51.3 Å². The number of rotatable bonds is 7. The molecule has 150 valence electrons. The fraction of sp³-hybridized carbons (Fsp3) is 0.900. The van der Waals surface area contributed by atoms with Gasteiger partial charge in [0.2, 0.25) is 5.91 Å². The number of guanidine groups is 1. The van der Waals surface area contributed by atoms with E-state index < -0.39 is 0 Å². The zero-order valence-electron chi connectivity index (χ0n) is 17.3. The normalized spacial score (nSPS) is 23.7. The van der Waals surface area contributed by atoms with Crippen molar-refractivity contribution >= 4 is 11.9 Å². The molecule has 1 amide bonds. The molecule has 6 heteroatoms. The van der Waals surface area contributed by atoms with Gasteiger partial charge in [-0.05, 0) is 51.6 Å². The predicted molar refractivity (Wildman–Crippen MR) is 108 cm³/mol. The first-order valence-electron chi connectivity index (χ1n) is 10.5. The van der Waals surface area contributed by atoms with E-state index in [1.165, 1.54) is 25.9 Å². The average Bonchev–Trinajstić information content (AvgIpc) is 3.13. The van der Waals surface area contributed by atoms with Crippen molar-refractivity contribution in [3.63, 3.8) is 0 Å². The van der Waals surface area contributed by atoms with Gasteiger partial charge < -0.3 is 20.4 Å². The fourth-order valence-corrected chi connectivity index (χ4v) is 4.38. The van der Waals surface area contributed by atoms with Crippen molar-refractivity contribution in [3.8, 4) is 0 Å². The van der Waals surface area contributed by atoms with E-state index in [-0.39, 0.29) is 11.3 Å². The first kappa shape index (κ1) is 21.0. The van der Waals surface area contributed by atoms with Crippen LogP contribution < -0.4 is 10.6 Å². The van der Waals surface area contributed by atoms with Crippen LogP contribution >= 0.6 is 0 Å². The van der Waals surface area contributed by atoms with Gasteiger partial charge in [-0.3, -0.25) is 9.79 Å². The Morgan fingerprint density at radius 2 is 1.92 bits per heavy atom. The van der Waals surface area contributed by atoms with E-state index in [2.05, 4.69) is 29.4 Å². The Bertz CT molecular complexity index is 471. The zero-order valence-corrected chi connectivity index (χ0v) is 17.3. The van der Waals surface area contributed by atoms with Gasteiger partial charge in [-0.15, -0.1) is 0 Å². The van der Waals surface area contributed by atoms with Crippen LogP contribution in [-0.4, -0.2) is 75.0 Å². The summed E-state index contributed by atoms with van der Waals surface area (Å²) < 4.78 is 0. The highest BCUT2D eigenvalue weighted by molar-refractivity contribution is 5.84. The minimum atomic E-state index is -0.296. The van der Waals surface area contributed by atoms with E-state index in [4.69, 9.17) is 4.99 Å². The highest BCUT2D eigenvalue weighted by Gasteiger charge is 2.42. The summed E-state index contributed by atoms with van der Waals surface area (Å²) in [6, 6.07) is 0. The predicted octanol–water partition coefficient (Wildman–Crippen LogP) is 1.92. The molecule has 1 unspecified atom stereocenters. The lowest BCUT2D eigenvalue weighted by Crippen LogP contribution is -2.45. The molecule has 1 aliphatic heterocycles. The minimum Gasteiger partial charge on any atom is -0.357 e. The van der Waals surface area contributed by atoms with E-state index in [1.807, 2.05) is 14.1 Å². The summed E-state index contributed by atoms with van der Waals surface area (Å²) >= 11 is 0. The lowest BCUT2D eigenvalue weighted by atomic mass is 9.85. The van der Waals surface area contributed by atoms with Gasteiger partial charge in [0.05, 0.1) is 12.0 Å². The fourth-order valence-electron chi connectivity index (χ4n) is 4.38. The largest absolute Gasteiger partial charge is 0.357 e. The van der Waals surface area contributed by atoms with Crippen LogP contribution in [0.25, 0.3) is 0 Å². The number of carbonyl (C=O) groups is 1. The van der Waals surface area contributed by atoms with Crippen LogP contribution in [0.4, 0.5) is 0 Å². The number of carbonyl (C=O) groups excluding carboxylic acids is 1. The Labute approximate surface area is 159 Å². The van der Waals surface area contributed by atoms with Crippen LogP contribution in [0.5, 0.6) is 0 Å². The van der Waals surface area contributed by atoms with Gasteiger partial charge in [0.25, 0.3) is 0 Å². The number of likely N-dealkylation sites (tertiary alicyclic amines) is 1. The van der Waals surface area contributed by atoms with Crippen molar-refractivity contribution in [3.05, 3.63) is 0 Å². The smallest absolute Gasteiger partial charge is 0.230 e. The Morgan fingerprint density at radius 3 is 2.54 bits per heavy atom. The highest BCUT2D eigenvalue weighted by atomic mass is 16.2. The van der Waals surface area contributed by atoms with Crippen LogP contribution in [0.2, 0.25) is 0 Å². The molecule has 1 saturated carbocycles. The standard InChI is InChI=1S/C20H39N5O/c1-5-21-19(22-14-17-10-9-13-25(6-2)15-17)23-16-20(11-7-8-12-20)18(26)24(3)4/h17H,5-16H2,1-4H3,(H2,21,22,23). The van der Waals surface area contributed by atoms with Gasteiger partial charge in [-0.1, -0.05) is 19.8 Å². The van der Waals surface area contributed by atoms with Crippen molar-refractivity contribution in [2.75, 3.05) is 53.4 Å². The van der Waals surface area contributed by atoms with E-state index in [9.17, 15) is 4.79 Å². The summed E-state index contributed by atoms with van der Waals surface area (Å²) in [6.45, 7) is 10.3. The monoisotopic (exact) mass is 365 g/mol. The third-order valence-corrected chi connectivity index (χ3v) is 5.91. The second-order valence-electron chi connectivity index (χ2n) is 8.16. The summed E-state index contributed by atoms with van der Waals surface area (Å²) in [7, 11) is 3.72. The lowest BCUT2D eigenvalue weighted by Gasteiger charge is -2.32. The van der Waals surface area contributed by atoms with Gasteiger partial charge in [-0.25, -0.2) is 0 Å². The van der Waals surface area contributed by atoms with Crippen molar-refractivity contribution in [1.82, 2.24) is 20.4 Å². The van der Waals surface area contributed by atoms with Crippen molar-refractivity contribution in [2.24, 2.45) is 16.3 Å². The average molecular weight is 366 g/mol. The molecule has 2 fully saturated rings. The van der Waals surface area contributed by atoms with Crippen molar-refractivity contribution in [1.29, 1.82) is 0 Å². The summed E-state index contributed by atoms with van der Waals surface area (Å²) in [4.78, 5) is 21.8. The molecule has 0 radical (unpaired) electrons. The van der Waals surface area contributed by atoms with Gasteiger partial charge >= 0.3 is 0 Å². The molecular weight excluding hydrogens is 326 g/mol. The third-order valence-electron chi connectivity index (χ3n) is 5.91. The molecule has 0 aromatic rings. The molecule has 0 bridgehead atoms. The minimum absolute atomic E-state index is 0.237. The molecule has 1 heterocycles. The van der Waals surface area contributed by atoms with Gasteiger partial charge in [-0.2, -0.15) is 0 Å². The summed E-state index contributed by atoms with van der Waals surface area (Å²) in [5.41, 5.74) is -0.296. The van der Waals surface area contributed by atoms with Crippen LogP contribution in [0, 0.1) is 11.3 Å². The quantitative estimate of drug-likeness (QED) is 0.535. The molecule has 6 nitrogen and oxygen atoms in total. The van der Waals surface area contributed by atoms with Crippen LogP contribution in [0.15, 0.2) is 4.99 Å². The second-order valence-corrected chi connectivity index (χ2v) is 8.16. The summed E-state index contributed by atoms with van der Waals surface area (Å²) in [5.74, 6) is 1.77. The molecule has 0 aromatic heterocycles. The lowest BCUT2D eigenvalue weighted by molar-refractivity contribution is -0.138. The zero-order chi connectivity index (χ0) is 19.0. The van der Waals surface area contributed by atoms with Crippen LogP contribution in [0.1, 0.15) is 52.4 Å². The van der Waals surface area contributed by atoms with Crippen molar-refractivity contribution < 1.29 is 4.79 Å². The Morgan fingerprint density at radius 1 is 1.19 bits per heavy atom. The number of nitrogens with zero attached hydrogens (tertiary/aromatic N) is 3. The molecule has 1 saturated heterocycles. The Hall–Kier alpha value is -1.30. The Balaban J connectivity index is 1.95. The number of piperidine rings is 1. The molecule has 1 aliphatic carbocycles. The third kappa shape index (κ3) is 5.60. The SMILES string of the molecule is CCNC(=NCC1(C(=O)N(C)C)CCCC1)NCC1CCCN(CC)C1. The first-order valence-corrected chi connectivity index (χ1v) is 10.5. The topological polar surface area (TPSA) is 60.0 Å². The molecule has 2 aliphatic rings. The maximum atomic E-state index is 12.7. The summed E-state index contributed by atoms with van der Waals surface area (Å²) in [6.07, 6.45) is 6.75. The second kappa shape index (κ2) is 10.1.